The number of aryl methyl sites for hydroxylation is 2. The van der Waals surface area contributed by atoms with Crippen molar-refractivity contribution in [3.63, 3.8) is 0 Å². The molecular weight excluding hydrogens is 368 g/mol. The lowest BCUT2D eigenvalue weighted by molar-refractivity contribution is 0.589. The smallest absolute Gasteiger partial charge is 0.00389 e. The second-order valence-electron chi connectivity index (χ2n) is 8.66. The number of hydrogen-bond donors (Lipinski definition) is 0. The SMILES string of the molecule is C=S(C)C(C)CCCc1ccc(-c2ccc(CCCCCCCCC)cc2)cc1. The molecule has 2 aromatic carbocycles. The van der Waals surface area contributed by atoms with Crippen molar-refractivity contribution in [2.75, 3.05) is 6.26 Å². The molecule has 0 aliphatic rings. The fourth-order valence-corrected chi connectivity index (χ4v) is 4.38. The third-order valence-electron chi connectivity index (χ3n) is 6.07. The molecule has 0 saturated carbocycles. The molecule has 0 aliphatic heterocycles. The van der Waals surface area contributed by atoms with E-state index in [1.807, 2.05) is 0 Å². The van der Waals surface area contributed by atoms with E-state index in [0.717, 1.165) is 5.25 Å². The molecule has 0 amide bonds. The maximum Gasteiger partial charge on any atom is -0.00389 e. The largest absolute Gasteiger partial charge is 0.193 e. The van der Waals surface area contributed by atoms with Gasteiger partial charge in [-0.3, -0.25) is 0 Å². The zero-order valence-corrected chi connectivity index (χ0v) is 19.9. The van der Waals surface area contributed by atoms with Crippen molar-refractivity contribution in [1.82, 2.24) is 0 Å². The average molecular weight is 411 g/mol. The molecule has 0 radical (unpaired) electrons. The van der Waals surface area contributed by atoms with E-state index in [9.17, 15) is 0 Å². The van der Waals surface area contributed by atoms with E-state index in [2.05, 4.69) is 74.5 Å². The second kappa shape index (κ2) is 13.8. The van der Waals surface area contributed by atoms with Gasteiger partial charge in [-0.05, 0) is 65.9 Å². The Balaban J connectivity index is 1.74. The first-order chi connectivity index (χ1) is 14.1. The first-order valence-electron chi connectivity index (χ1n) is 11.7. The van der Waals surface area contributed by atoms with Crippen LogP contribution >= 0.6 is 10.5 Å². The topological polar surface area (TPSA) is 0 Å². The first kappa shape index (κ1) is 23.9. The molecule has 160 valence electrons. The molecule has 2 unspecified atom stereocenters. The van der Waals surface area contributed by atoms with Crippen LogP contribution in [-0.4, -0.2) is 17.4 Å². The van der Waals surface area contributed by atoms with Gasteiger partial charge >= 0.3 is 0 Å². The van der Waals surface area contributed by atoms with Crippen molar-refractivity contribution in [2.45, 2.75) is 89.7 Å². The third kappa shape index (κ3) is 9.34. The molecule has 29 heavy (non-hydrogen) atoms. The zero-order chi connectivity index (χ0) is 20.9. The lowest BCUT2D eigenvalue weighted by Gasteiger charge is -2.12. The van der Waals surface area contributed by atoms with Gasteiger partial charge in [0.2, 0.25) is 0 Å². The molecule has 0 heterocycles. The fraction of sp³-hybridized carbons (Fsp3) is 0.536. The summed E-state index contributed by atoms with van der Waals surface area (Å²) in [6.07, 6.45) is 16.9. The van der Waals surface area contributed by atoms with Crippen LogP contribution in [0.25, 0.3) is 11.1 Å². The van der Waals surface area contributed by atoms with Crippen molar-refractivity contribution in [1.29, 1.82) is 0 Å². The van der Waals surface area contributed by atoms with Crippen LogP contribution in [0.1, 0.15) is 82.8 Å². The van der Waals surface area contributed by atoms with Gasteiger partial charge in [0.05, 0.1) is 0 Å². The van der Waals surface area contributed by atoms with Gasteiger partial charge in [-0.2, -0.15) is 10.5 Å². The van der Waals surface area contributed by atoms with Crippen molar-refractivity contribution in [3.8, 4) is 11.1 Å². The first-order valence-corrected chi connectivity index (χ1v) is 13.6. The molecule has 2 rings (SSSR count). The number of benzene rings is 2. The Bertz CT molecular complexity index is 696. The molecular formula is C28H42S. The van der Waals surface area contributed by atoms with Gasteiger partial charge in [0.1, 0.15) is 0 Å². The predicted molar refractivity (Wildman–Crippen MR) is 137 cm³/mol. The molecule has 0 spiro atoms. The molecule has 0 aromatic heterocycles. The maximum atomic E-state index is 4.18. The van der Waals surface area contributed by atoms with E-state index in [1.54, 1.807) is 0 Å². The monoisotopic (exact) mass is 410 g/mol. The normalized spacial score (nSPS) is 13.3. The van der Waals surface area contributed by atoms with E-state index in [1.165, 1.54) is 92.9 Å². The molecule has 0 saturated heterocycles. The van der Waals surface area contributed by atoms with Gasteiger partial charge in [0.25, 0.3) is 0 Å². The molecule has 2 aromatic rings. The van der Waals surface area contributed by atoms with Crippen LogP contribution in [0, 0.1) is 0 Å². The molecule has 2 atom stereocenters. The molecule has 0 aliphatic carbocycles. The quantitative estimate of drug-likeness (QED) is 0.216. The van der Waals surface area contributed by atoms with Crippen LogP contribution in [-0.2, 0) is 12.8 Å². The average Bonchev–Trinajstić information content (AvgIpc) is 2.74. The Labute approximate surface area is 183 Å². The summed E-state index contributed by atoms with van der Waals surface area (Å²) in [7, 11) is 0.296. The summed E-state index contributed by atoms with van der Waals surface area (Å²) in [6.45, 7) is 4.61. The van der Waals surface area contributed by atoms with Crippen LogP contribution in [0.2, 0.25) is 0 Å². The van der Waals surface area contributed by atoms with Gasteiger partial charge in [-0.25, -0.2) is 0 Å². The Morgan fingerprint density at radius 3 is 1.62 bits per heavy atom. The highest BCUT2D eigenvalue weighted by molar-refractivity contribution is 8.14. The summed E-state index contributed by atoms with van der Waals surface area (Å²) in [6, 6.07) is 18.4. The summed E-state index contributed by atoms with van der Waals surface area (Å²) >= 11 is 0. The minimum absolute atomic E-state index is 0.296. The molecule has 0 bridgehead atoms. The molecule has 0 fully saturated rings. The lowest BCUT2D eigenvalue weighted by atomic mass is 9.99. The van der Waals surface area contributed by atoms with Crippen LogP contribution in [0.3, 0.4) is 0 Å². The number of unbranched alkanes of at least 4 members (excludes halogenated alkanes) is 6. The summed E-state index contributed by atoms with van der Waals surface area (Å²) in [5, 5.41) is 0.744. The van der Waals surface area contributed by atoms with Crippen molar-refractivity contribution >= 4 is 16.4 Å². The third-order valence-corrected chi connectivity index (χ3v) is 7.68. The Morgan fingerprint density at radius 2 is 1.14 bits per heavy atom. The van der Waals surface area contributed by atoms with Gasteiger partial charge < -0.3 is 0 Å². The van der Waals surface area contributed by atoms with Gasteiger partial charge in [0.15, 0.2) is 0 Å². The zero-order valence-electron chi connectivity index (χ0n) is 19.1. The molecule has 1 heteroatoms. The van der Waals surface area contributed by atoms with Crippen LogP contribution in [0.4, 0.5) is 0 Å². The standard InChI is InChI=1S/C28H42S/c1-5-6-7-8-9-10-11-14-25-16-20-27(21-17-25)28-22-18-26(19-23-28)15-12-13-24(2)29(3)4/h16-24H,3,5-15H2,1-2,4H3. The molecule has 0 nitrogen and oxygen atoms in total. The van der Waals surface area contributed by atoms with Crippen molar-refractivity contribution in [3.05, 3.63) is 59.7 Å². The summed E-state index contributed by atoms with van der Waals surface area (Å²) < 4.78 is 0. The summed E-state index contributed by atoms with van der Waals surface area (Å²) in [5.41, 5.74) is 5.60. The van der Waals surface area contributed by atoms with E-state index in [0.29, 0.717) is 10.5 Å². The van der Waals surface area contributed by atoms with Crippen LogP contribution in [0.5, 0.6) is 0 Å². The highest BCUT2D eigenvalue weighted by atomic mass is 32.2. The maximum absolute atomic E-state index is 4.18. The number of hydrogen-bond acceptors (Lipinski definition) is 0. The summed E-state index contributed by atoms with van der Waals surface area (Å²) in [4.78, 5) is 0. The van der Waals surface area contributed by atoms with E-state index in [4.69, 9.17) is 0 Å². The van der Waals surface area contributed by atoms with Crippen LogP contribution < -0.4 is 0 Å². The van der Waals surface area contributed by atoms with Gasteiger partial charge in [0, 0.05) is 0 Å². The molecule has 0 N–H and O–H groups in total. The highest BCUT2D eigenvalue weighted by Gasteiger charge is 2.03. The lowest BCUT2D eigenvalue weighted by Crippen LogP contribution is -1.98. The fourth-order valence-electron chi connectivity index (χ4n) is 3.81. The predicted octanol–water partition coefficient (Wildman–Crippen LogP) is 8.69. The Kier molecular flexibility index (Phi) is 11.4. The summed E-state index contributed by atoms with van der Waals surface area (Å²) in [5.74, 6) is 4.18. The Morgan fingerprint density at radius 1 is 0.690 bits per heavy atom. The second-order valence-corrected chi connectivity index (χ2v) is 10.8. The minimum atomic E-state index is 0.296. The van der Waals surface area contributed by atoms with Gasteiger partial charge in [-0.1, -0.05) is 107 Å². The highest BCUT2D eigenvalue weighted by Crippen LogP contribution is 2.23. The van der Waals surface area contributed by atoms with Crippen molar-refractivity contribution < 1.29 is 0 Å². The number of rotatable bonds is 14. The minimum Gasteiger partial charge on any atom is -0.193 e. The van der Waals surface area contributed by atoms with Crippen LogP contribution in [0.15, 0.2) is 48.5 Å². The Hall–Kier alpha value is -1.34. The van der Waals surface area contributed by atoms with E-state index >= 15 is 0 Å². The van der Waals surface area contributed by atoms with E-state index in [-0.39, 0.29) is 0 Å². The van der Waals surface area contributed by atoms with Crippen molar-refractivity contribution in [2.24, 2.45) is 0 Å². The van der Waals surface area contributed by atoms with E-state index < -0.39 is 0 Å². The van der Waals surface area contributed by atoms with Gasteiger partial charge in [-0.15, -0.1) is 0 Å².